The number of amides is 1. The number of phenols is 1. The minimum Gasteiger partial charge on any atom is -0.508 e. The fourth-order valence-electron chi connectivity index (χ4n) is 2.41. The van der Waals surface area contributed by atoms with Crippen LogP contribution in [0.25, 0.3) is 10.8 Å². The van der Waals surface area contributed by atoms with Gasteiger partial charge >= 0.3 is 0 Å². The van der Waals surface area contributed by atoms with Crippen LogP contribution in [0.4, 0.5) is 5.69 Å². The van der Waals surface area contributed by atoms with E-state index in [1.54, 1.807) is 36.0 Å². The number of anilines is 1. The highest BCUT2D eigenvalue weighted by Crippen LogP contribution is 2.23. The van der Waals surface area contributed by atoms with Crippen molar-refractivity contribution in [3.63, 3.8) is 0 Å². The van der Waals surface area contributed by atoms with Crippen molar-refractivity contribution < 1.29 is 9.90 Å². The van der Waals surface area contributed by atoms with Gasteiger partial charge in [-0.25, -0.2) is 0 Å². The Morgan fingerprint density at radius 2 is 1.70 bits per heavy atom. The second-order valence-electron chi connectivity index (χ2n) is 5.23. The normalized spacial score (nSPS) is 10.6. The molecule has 0 spiro atoms. The number of aromatic hydroxyl groups is 1. The summed E-state index contributed by atoms with van der Waals surface area (Å²) in [6, 6.07) is 21.0. The standard InChI is InChI=1S/C19H17NO2S/c21-17-10-8-16(9-11-17)20-19(22)13-23-12-15-6-3-5-14-4-1-2-7-18(14)15/h1-11,21H,12-13H2,(H,20,22). The Morgan fingerprint density at radius 3 is 2.52 bits per heavy atom. The van der Waals surface area contributed by atoms with Crippen LogP contribution in [-0.2, 0) is 10.5 Å². The predicted molar refractivity (Wildman–Crippen MR) is 96.8 cm³/mol. The van der Waals surface area contributed by atoms with Crippen molar-refractivity contribution in [3.05, 3.63) is 72.3 Å². The van der Waals surface area contributed by atoms with Crippen LogP contribution in [0, 0.1) is 0 Å². The summed E-state index contributed by atoms with van der Waals surface area (Å²) in [5, 5.41) is 14.5. The van der Waals surface area contributed by atoms with Crippen molar-refractivity contribution in [2.24, 2.45) is 0 Å². The first-order valence-electron chi connectivity index (χ1n) is 7.35. The van der Waals surface area contributed by atoms with Crippen molar-refractivity contribution >= 4 is 34.1 Å². The lowest BCUT2D eigenvalue weighted by atomic mass is 10.1. The zero-order valence-electron chi connectivity index (χ0n) is 12.5. The van der Waals surface area contributed by atoms with E-state index in [1.807, 2.05) is 12.1 Å². The highest BCUT2D eigenvalue weighted by molar-refractivity contribution is 7.99. The van der Waals surface area contributed by atoms with E-state index in [2.05, 4.69) is 35.6 Å². The molecule has 4 heteroatoms. The minimum atomic E-state index is -0.0408. The lowest BCUT2D eigenvalue weighted by molar-refractivity contribution is -0.113. The van der Waals surface area contributed by atoms with Gasteiger partial charge in [0.2, 0.25) is 5.91 Å². The molecule has 23 heavy (non-hydrogen) atoms. The number of benzene rings is 3. The average molecular weight is 323 g/mol. The molecule has 0 fully saturated rings. The maximum atomic E-state index is 12.0. The highest BCUT2D eigenvalue weighted by Gasteiger charge is 2.05. The summed E-state index contributed by atoms with van der Waals surface area (Å²) in [4.78, 5) is 12.0. The molecule has 2 N–H and O–H groups in total. The molecule has 0 aromatic heterocycles. The Balaban J connectivity index is 1.56. The monoisotopic (exact) mass is 323 g/mol. The first-order chi connectivity index (χ1) is 11.2. The van der Waals surface area contributed by atoms with Crippen LogP contribution in [0.1, 0.15) is 5.56 Å². The Kier molecular flexibility index (Phi) is 4.83. The van der Waals surface area contributed by atoms with Gasteiger partial charge in [0.1, 0.15) is 5.75 Å². The predicted octanol–water partition coefficient (Wildman–Crippen LogP) is 4.42. The molecular formula is C19H17NO2S. The zero-order valence-corrected chi connectivity index (χ0v) is 13.3. The molecule has 0 radical (unpaired) electrons. The van der Waals surface area contributed by atoms with E-state index in [9.17, 15) is 9.90 Å². The van der Waals surface area contributed by atoms with Crippen LogP contribution in [-0.4, -0.2) is 16.8 Å². The maximum Gasteiger partial charge on any atom is 0.234 e. The number of phenolic OH excluding ortho intramolecular Hbond substituents is 1. The molecule has 0 atom stereocenters. The van der Waals surface area contributed by atoms with Gasteiger partial charge in [0.15, 0.2) is 0 Å². The second kappa shape index (κ2) is 7.20. The van der Waals surface area contributed by atoms with Gasteiger partial charge in [0.05, 0.1) is 5.75 Å². The maximum absolute atomic E-state index is 12.0. The molecule has 0 unspecified atom stereocenters. The Morgan fingerprint density at radius 1 is 0.957 bits per heavy atom. The number of carbonyl (C=O) groups is 1. The molecule has 0 heterocycles. The number of hydrogen-bond donors (Lipinski definition) is 2. The van der Waals surface area contributed by atoms with Gasteiger partial charge in [-0.15, -0.1) is 11.8 Å². The number of fused-ring (bicyclic) bond motifs is 1. The van der Waals surface area contributed by atoms with Gasteiger partial charge in [-0.05, 0) is 40.6 Å². The SMILES string of the molecule is O=C(CSCc1cccc2ccccc12)Nc1ccc(O)cc1. The molecule has 0 bridgehead atoms. The van der Waals surface area contributed by atoms with Crippen molar-refractivity contribution in [2.45, 2.75) is 5.75 Å². The molecule has 3 nitrogen and oxygen atoms in total. The average Bonchev–Trinajstić information content (AvgIpc) is 2.57. The molecule has 0 aliphatic heterocycles. The Labute approximate surface area is 139 Å². The Hall–Kier alpha value is -2.46. The van der Waals surface area contributed by atoms with Crippen molar-refractivity contribution in [3.8, 4) is 5.75 Å². The summed E-state index contributed by atoms with van der Waals surface area (Å²) >= 11 is 1.59. The minimum absolute atomic E-state index is 0.0408. The summed E-state index contributed by atoms with van der Waals surface area (Å²) in [6.07, 6.45) is 0. The van der Waals surface area contributed by atoms with Gasteiger partial charge in [0, 0.05) is 11.4 Å². The lowest BCUT2D eigenvalue weighted by Gasteiger charge is -2.07. The van der Waals surface area contributed by atoms with E-state index < -0.39 is 0 Å². The van der Waals surface area contributed by atoms with Crippen LogP contribution in [0.2, 0.25) is 0 Å². The van der Waals surface area contributed by atoms with Gasteiger partial charge in [-0.1, -0.05) is 42.5 Å². The third-order valence-corrected chi connectivity index (χ3v) is 4.50. The molecule has 0 saturated carbocycles. The molecule has 3 aromatic rings. The molecule has 116 valence electrons. The Bertz CT molecular complexity index is 810. The fraction of sp³-hybridized carbons (Fsp3) is 0.105. The van der Waals surface area contributed by atoms with Gasteiger partial charge in [-0.2, -0.15) is 0 Å². The highest BCUT2D eigenvalue weighted by atomic mass is 32.2. The molecule has 0 saturated heterocycles. The number of hydrogen-bond acceptors (Lipinski definition) is 3. The number of carbonyl (C=O) groups excluding carboxylic acids is 1. The molecule has 0 aliphatic rings. The van der Waals surface area contributed by atoms with E-state index in [-0.39, 0.29) is 11.7 Å². The lowest BCUT2D eigenvalue weighted by Crippen LogP contribution is -2.14. The number of rotatable bonds is 5. The summed E-state index contributed by atoms with van der Waals surface area (Å²) < 4.78 is 0. The van der Waals surface area contributed by atoms with Gasteiger partial charge < -0.3 is 10.4 Å². The van der Waals surface area contributed by atoms with Gasteiger partial charge in [0.25, 0.3) is 0 Å². The zero-order chi connectivity index (χ0) is 16.1. The van der Waals surface area contributed by atoms with E-state index in [1.165, 1.54) is 16.3 Å². The molecule has 3 aromatic carbocycles. The second-order valence-corrected chi connectivity index (χ2v) is 6.21. The third kappa shape index (κ3) is 4.05. The summed E-state index contributed by atoms with van der Waals surface area (Å²) in [5.74, 6) is 1.34. The van der Waals surface area contributed by atoms with Crippen LogP contribution in [0.5, 0.6) is 5.75 Å². The first kappa shape index (κ1) is 15.4. The topological polar surface area (TPSA) is 49.3 Å². The summed E-state index contributed by atoms with van der Waals surface area (Å²) in [5.41, 5.74) is 1.93. The largest absolute Gasteiger partial charge is 0.508 e. The van der Waals surface area contributed by atoms with Crippen LogP contribution in [0.3, 0.4) is 0 Å². The van der Waals surface area contributed by atoms with Crippen LogP contribution >= 0.6 is 11.8 Å². The van der Waals surface area contributed by atoms with Crippen molar-refractivity contribution in [2.75, 3.05) is 11.1 Å². The van der Waals surface area contributed by atoms with E-state index in [0.717, 1.165) is 5.75 Å². The smallest absolute Gasteiger partial charge is 0.234 e. The molecule has 0 aliphatic carbocycles. The van der Waals surface area contributed by atoms with Gasteiger partial charge in [-0.3, -0.25) is 4.79 Å². The molecule has 3 rings (SSSR count). The van der Waals surface area contributed by atoms with E-state index >= 15 is 0 Å². The van der Waals surface area contributed by atoms with Crippen molar-refractivity contribution in [1.82, 2.24) is 0 Å². The van der Waals surface area contributed by atoms with E-state index in [4.69, 9.17) is 0 Å². The molecule has 1 amide bonds. The summed E-state index contributed by atoms with van der Waals surface area (Å²) in [6.45, 7) is 0. The van der Waals surface area contributed by atoms with Crippen LogP contribution in [0.15, 0.2) is 66.7 Å². The number of nitrogens with one attached hydrogen (secondary N) is 1. The summed E-state index contributed by atoms with van der Waals surface area (Å²) in [7, 11) is 0. The molecular weight excluding hydrogens is 306 g/mol. The van der Waals surface area contributed by atoms with E-state index in [0.29, 0.717) is 11.4 Å². The van der Waals surface area contributed by atoms with Crippen molar-refractivity contribution in [1.29, 1.82) is 0 Å². The fourth-order valence-corrected chi connectivity index (χ4v) is 3.25. The first-order valence-corrected chi connectivity index (χ1v) is 8.51. The van der Waals surface area contributed by atoms with Crippen LogP contribution < -0.4 is 5.32 Å². The third-order valence-electron chi connectivity index (χ3n) is 3.52. The number of thioether (sulfide) groups is 1. The quantitative estimate of drug-likeness (QED) is 0.684.